The van der Waals surface area contributed by atoms with Gasteiger partial charge in [0.2, 0.25) is 0 Å². The minimum atomic E-state index is -0.234. The first-order valence-electron chi connectivity index (χ1n) is 7.48. The summed E-state index contributed by atoms with van der Waals surface area (Å²) in [5, 5.41) is 3.38. The Bertz CT molecular complexity index is 1060. The highest BCUT2D eigenvalue weighted by molar-refractivity contribution is 7.71. The van der Waals surface area contributed by atoms with Gasteiger partial charge in [-0.1, -0.05) is 6.07 Å². The maximum absolute atomic E-state index is 12.5. The number of carbonyl (C=O) groups is 1. The normalized spacial score (nSPS) is 10.8. The molecule has 0 unspecified atom stereocenters. The van der Waals surface area contributed by atoms with Crippen LogP contribution in [0.5, 0.6) is 0 Å². The van der Waals surface area contributed by atoms with Crippen LogP contribution in [0, 0.1) is 18.6 Å². The third-order valence-electron chi connectivity index (χ3n) is 3.84. The molecule has 0 fully saturated rings. The Balaban J connectivity index is 2.00. The predicted molar refractivity (Wildman–Crippen MR) is 98.2 cm³/mol. The lowest BCUT2D eigenvalue weighted by Gasteiger charge is -2.09. The lowest BCUT2D eigenvalue weighted by atomic mass is 10.1. The summed E-state index contributed by atoms with van der Waals surface area (Å²) >= 11 is 5.12. The Morgan fingerprint density at radius 1 is 1.12 bits per heavy atom. The molecule has 0 atom stereocenters. The third-order valence-corrected chi connectivity index (χ3v) is 4.22. The van der Waals surface area contributed by atoms with Crippen LogP contribution >= 0.6 is 12.2 Å². The Labute approximate surface area is 144 Å². The maximum atomic E-state index is 12.5. The van der Waals surface area contributed by atoms with Gasteiger partial charge in [0.05, 0.1) is 10.9 Å². The van der Waals surface area contributed by atoms with Crippen LogP contribution in [-0.4, -0.2) is 15.5 Å². The number of H-pyrrole nitrogens is 1. The highest BCUT2D eigenvalue weighted by Crippen LogP contribution is 2.16. The fourth-order valence-corrected chi connectivity index (χ4v) is 2.89. The summed E-state index contributed by atoms with van der Waals surface area (Å²) in [7, 11) is 1.61. The van der Waals surface area contributed by atoms with Gasteiger partial charge in [-0.3, -0.25) is 14.2 Å². The Hall–Kier alpha value is -2.73. The minimum absolute atomic E-state index is 0.185. The first-order chi connectivity index (χ1) is 11.3. The van der Waals surface area contributed by atoms with Crippen LogP contribution in [0.4, 0.5) is 5.69 Å². The van der Waals surface area contributed by atoms with Crippen LogP contribution in [0.2, 0.25) is 0 Å². The van der Waals surface area contributed by atoms with Gasteiger partial charge in [-0.25, -0.2) is 0 Å². The van der Waals surface area contributed by atoms with E-state index in [9.17, 15) is 9.59 Å². The van der Waals surface area contributed by atoms with Gasteiger partial charge in [-0.2, -0.15) is 0 Å². The maximum Gasteiger partial charge on any atom is 0.261 e. The van der Waals surface area contributed by atoms with Crippen molar-refractivity contribution >= 4 is 34.7 Å². The number of fused-ring (bicyclic) bond motifs is 1. The molecule has 24 heavy (non-hydrogen) atoms. The van der Waals surface area contributed by atoms with Crippen molar-refractivity contribution in [2.75, 3.05) is 5.32 Å². The number of hydrogen-bond acceptors (Lipinski definition) is 3. The van der Waals surface area contributed by atoms with Crippen molar-refractivity contribution in [2.24, 2.45) is 7.05 Å². The first kappa shape index (κ1) is 16.1. The Morgan fingerprint density at radius 3 is 2.46 bits per heavy atom. The molecule has 2 N–H and O–H groups in total. The van der Waals surface area contributed by atoms with Crippen molar-refractivity contribution in [1.29, 1.82) is 0 Å². The number of carbonyl (C=O) groups excluding carboxylic acids is 1. The van der Waals surface area contributed by atoms with Gasteiger partial charge >= 0.3 is 0 Å². The topological polar surface area (TPSA) is 66.9 Å². The van der Waals surface area contributed by atoms with E-state index in [1.807, 2.05) is 32.0 Å². The SMILES string of the molecule is Cc1cc(C)cc(NC(=O)c2ccc3c(=O)n(C)c(=S)[nH]c3c2)c1. The van der Waals surface area contributed by atoms with Crippen molar-refractivity contribution in [1.82, 2.24) is 9.55 Å². The van der Waals surface area contributed by atoms with Crippen LogP contribution < -0.4 is 10.9 Å². The minimum Gasteiger partial charge on any atom is -0.332 e. The molecule has 3 aromatic rings. The summed E-state index contributed by atoms with van der Waals surface area (Å²) in [6, 6.07) is 10.8. The summed E-state index contributed by atoms with van der Waals surface area (Å²) in [5.41, 5.74) is 3.73. The quantitative estimate of drug-likeness (QED) is 0.703. The largest absolute Gasteiger partial charge is 0.332 e. The number of nitrogens with zero attached hydrogens (tertiary/aromatic N) is 1. The van der Waals surface area contributed by atoms with Gasteiger partial charge in [0.25, 0.3) is 11.5 Å². The smallest absolute Gasteiger partial charge is 0.261 e. The Morgan fingerprint density at radius 2 is 1.79 bits per heavy atom. The molecule has 0 spiro atoms. The molecular formula is C18H17N3O2S. The van der Waals surface area contributed by atoms with Crippen molar-refractivity contribution in [3.05, 3.63) is 68.2 Å². The van der Waals surface area contributed by atoms with E-state index in [0.717, 1.165) is 16.8 Å². The second-order valence-electron chi connectivity index (χ2n) is 5.89. The number of benzene rings is 2. The molecule has 0 saturated carbocycles. The highest BCUT2D eigenvalue weighted by Gasteiger charge is 2.10. The molecule has 0 aliphatic rings. The summed E-state index contributed by atoms with van der Waals surface area (Å²) in [5.74, 6) is -0.234. The van der Waals surface area contributed by atoms with Gasteiger partial charge in [0.1, 0.15) is 0 Å². The van der Waals surface area contributed by atoms with E-state index < -0.39 is 0 Å². The van der Waals surface area contributed by atoms with Crippen molar-refractivity contribution in [3.63, 3.8) is 0 Å². The van der Waals surface area contributed by atoms with Gasteiger partial charge < -0.3 is 10.3 Å². The molecule has 122 valence electrons. The van der Waals surface area contributed by atoms with E-state index in [1.165, 1.54) is 4.57 Å². The van der Waals surface area contributed by atoms with E-state index >= 15 is 0 Å². The summed E-state index contributed by atoms with van der Waals surface area (Å²) < 4.78 is 1.69. The second kappa shape index (κ2) is 6.05. The lowest BCUT2D eigenvalue weighted by molar-refractivity contribution is 0.102. The van der Waals surface area contributed by atoms with Crippen molar-refractivity contribution in [2.45, 2.75) is 13.8 Å². The van der Waals surface area contributed by atoms with E-state index in [-0.39, 0.29) is 11.5 Å². The zero-order valence-electron chi connectivity index (χ0n) is 13.6. The molecule has 5 nitrogen and oxygen atoms in total. The van der Waals surface area contributed by atoms with E-state index in [2.05, 4.69) is 10.3 Å². The van der Waals surface area contributed by atoms with Crippen molar-refractivity contribution < 1.29 is 4.79 Å². The van der Waals surface area contributed by atoms with E-state index in [0.29, 0.717) is 21.2 Å². The number of aryl methyl sites for hydroxylation is 2. The fourth-order valence-electron chi connectivity index (χ4n) is 2.70. The van der Waals surface area contributed by atoms with Crippen LogP contribution in [-0.2, 0) is 7.05 Å². The monoisotopic (exact) mass is 339 g/mol. The average Bonchev–Trinajstić information content (AvgIpc) is 2.51. The number of aromatic amines is 1. The number of aromatic nitrogens is 2. The number of anilines is 1. The number of amides is 1. The van der Waals surface area contributed by atoms with Crippen molar-refractivity contribution in [3.8, 4) is 0 Å². The van der Waals surface area contributed by atoms with Crippen LogP contribution in [0.1, 0.15) is 21.5 Å². The van der Waals surface area contributed by atoms with Gasteiger partial charge in [0.15, 0.2) is 4.77 Å². The zero-order chi connectivity index (χ0) is 17.4. The molecule has 1 heterocycles. The van der Waals surface area contributed by atoms with Crippen LogP contribution in [0.25, 0.3) is 10.9 Å². The third kappa shape index (κ3) is 3.00. The average molecular weight is 339 g/mol. The highest BCUT2D eigenvalue weighted by atomic mass is 32.1. The molecule has 0 aliphatic heterocycles. The molecule has 1 aromatic heterocycles. The first-order valence-corrected chi connectivity index (χ1v) is 7.89. The summed E-state index contributed by atoms with van der Waals surface area (Å²) in [4.78, 5) is 27.6. The zero-order valence-corrected chi connectivity index (χ0v) is 14.5. The molecule has 1 amide bonds. The molecule has 3 rings (SSSR count). The number of hydrogen-bond donors (Lipinski definition) is 2. The Kier molecular flexibility index (Phi) is 4.07. The second-order valence-corrected chi connectivity index (χ2v) is 6.27. The summed E-state index contributed by atoms with van der Waals surface area (Å²) in [6.45, 7) is 3.96. The van der Waals surface area contributed by atoms with Gasteiger partial charge in [-0.15, -0.1) is 0 Å². The molecule has 0 saturated heterocycles. The standard InChI is InChI=1S/C18H17N3O2S/c1-10-6-11(2)8-13(7-10)19-16(22)12-4-5-14-15(9-12)20-18(24)21(3)17(14)23/h4-9H,1-3H3,(H,19,22)(H,20,24). The number of rotatable bonds is 2. The number of nitrogens with one attached hydrogen (secondary N) is 2. The molecule has 6 heteroatoms. The molecular weight excluding hydrogens is 322 g/mol. The van der Waals surface area contributed by atoms with Gasteiger partial charge in [-0.05, 0) is 67.5 Å². The van der Waals surface area contributed by atoms with Gasteiger partial charge in [0, 0.05) is 18.3 Å². The van der Waals surface area contributed by atoms with Crippen LogP contribution in [0.15, 0.2) is 41.2 Å². The lowest BCUT2D eigenvalue weighted by Crippen LogP contribution is -2.19. The van der Waals surface area contributed by atoms with E-state index in [4.69, 9.17) is 12.2 Å². The predicted octanol–water partition coefficient (Wildman–Crippen LogP) is 3.47. The fraction of sp³-hybridized carbons (Fsp3) is 0.167. The molecule has 0 aliphatic carbocycles. The van der Waals surface area contributed by atoms with Crippen LogP contribution in [0.3, 0.4) is 0 Å². The summed E-state index contributed by atoms with van der Waals surface area (Å²) in [6.07, 6.45) is 0. The molecule has 0 bridgehead atoms. The van der Waals surface area contributed by atoms with E-state index in [1.54, 1.807) is 25.2 Å². The molecule has 0 radical (unpaired) electrons. The molecule has 2 aromatic carbocycles.